The maximum atomic E-state index is 5.82. The summed E-state index contributed by atoms with van der Waals surface area (Å²) in [6, 6.07) is 4.10. The van der Waals surface area contributed by atoms with Crippen molar-refractivity contribution in [2.45, 2.75) is 32.4 Å². The lowest BCUT2D eigenvalue weighted by atomic mass is 10.1. The van der Waals surface area contributed by atoms with E-state index in [-0.39, 0.29) is 0 Å². The molecule has 0 aliphatic carbocycles. The Bertz CT molecular complexity index is 540. The van der Waals surface area contributed by atoms with Crippen LogP contribution in [0, 0.1) is 0 Å². The smallest absolute Gasteiger partial charge is 0.140 e. The van der Waals surface area contributed by atoms with Gasteiger partial charge in [-0.05, 0) is 43.6 Å². The third-order valence-corrected chi connectivity index (χ3v) is 4.04. The minimum absolute atomic E-state index is 0.582. The van der Waals surface area contributed by atoms with Gasteiger partial charge in [0.15, 0.2) is 0 Å². The Kier molecular flexibility index (Phi) is 3.80. The van der Waals surface area contributed by atoms with Crippen molar-refractivity contribution in [1.29, 1.82) is 0 Å². The van der Waals surface area contributed by atoms with Gasteiger partial charge in [-0.1, -0.05) is 6.42 Å². The number of pyridine rings is 1. The summed E-state index contributed by atoms with van der Waals surface area (Å²) in [7, 11) is 0. The summed E-state index contributed by atoms with van der Waals surface area (Å²) < 4.78 is 2.26. The highest BCUT2D eigenvalue weighted by atomic mass is 15.2. The molecule has 1 saturated heterocycles. The third-order valence-electron chi connectivity index (χ3n) is 4.04. The summed E-state index contributed by atoms with van der Waals surface area (Å²) in [5, 5.41) is 1.20. The van der Waals surface area contributed by atoms with E-state index in [1.165, 1.54) is 43.3 Å². The molecule has 0 bridgehead atoms. The van der Waals surface area contributed by atoms with E-state index in [1.54, 1.807) is 0 Å². The fraction of sp³-hybridized carbons (Fsp3) is 0.533. The van der Waals surface area contributed by atoms with Crippen LogP contribution >= 0.6 is 0 Å². The maximum Gasteiger partial charge on any atom is 0.140 e. The van der Waals surface area contributed by atoms with Crippen molar-refractivity contribution in [1.82, 2.24) is 14.5 Å². The standard InChI is InChI=1S/C15H22N4/c16-11-13-12-19(15-14(13)5-4-6-17-15)10-9-18-7-2-1-3-8-18/h4-6,12H,1-3,7-11,16H2. The molecule has 1 aliphatic heterocycles. The Balaban J connectivity index is 1.76. The fourth-order valence-electron chi connectivity index (χ4n) is 2.96. The summed E-state index contributed by atoms with van der Waals surface area (Å²) in [4.78, 5) is 7.06. The molecule has 0 aromatic carbocycles. The molecule has 1 aliphatic rings. The molecular weight excluding hydrogens is 236 g/mol. The lowest BCUT2D eigenvalue weighted by Gasteiger charge is -2.26. The van der Waals surface area contributed by atoms with Crippen molar-refractivity contribution in [2.24, 2.45) is 5.73 Å². The number of hydrogen-bond acceptors (Lipinski definition) is 3. The SMILES string of the molecule is NCc1cn(CCN2CCCCC2)c2ncccc12. The molecule has 2 aromatic heterocycles. The number of fused-ring (bicyclic) bond motifs is 1. The molecule has 2 N–H and O–H groups in total. The van der Waals surface area contributed by atoms with Crippen molar-refractivity contribution < 1.29 is 0 Å². The topological polar surface area (TPSA) is 47.1 Å². The molecule has 0 spiro atoms. The van der Waals surface area contributed by atoms with E-state index in [0.29, 0.717) is 6.54 Å². The van der Waals surface area contributed by atoms with Gasteiger partial charge >= 0.3 is 0 Å². The number of nitrogens with zero attached hydrogens (tertiary/aromatic N) is 3. The number of rotatable bonds is 4. The summed E-state index contributed by atoms with van der Waals surface area (Å²) in [6.45, 7) is 5.20. The summed E-state index contributed by atoms with van der Waals surface area (Å²) >= 11 is 0. The highest BCUT2D eigenvalue weighted by Crippen LogP contribution is 2.19. The molecule has 1 fully saturated rings. The summed E-state index contributed by atoms with van der Waals surface area (Å²) in [6.07, 6.45) is 8.11. The van der Waals surface area contributed by atoms with Crippen LogP contribution in [0.2, 0.25) is 0 Å². The molecule has 102 valence electrons. The Labute approximate surface area is 114 Å². The van der Waals surface area contributed by atoms with Crippen LogP contribution in [-0.2, 0) is 13.1 Å². The average Bonchev–Trinajstić information content (AvgIpc) is 2.84. The van der Waals surface area contributed by atoms with Crippen LogP contribution in [-0.4, -0.2) is 34.1 Å². The van der Waals surface area contributed by atoms with E-state index in [2.05, 4.69) is 26.7 Å². The predicted octanol–water partition coefficient (Wildman–Crippen LogP) is 1.98. The van der Waals surface area contributed by atoms with Gasteiger partial charge in [0.25, 0.3) is 0 Å². The second-order valence-electron chi connectivity index (χ2n) is 5.33. The molecule has 3 rings (SSSR count). The highest BCUT2D eigenvalue weighted by Gasteiger charge is 2.12. The Hall–Kier alpha value is -1.39. The van der Waals surface area contributed by atoms with E-state index in [4.69, 9.17) is 5.73 Å². The number of piperidine rings is 1. The van der Waals surface area contributed by atoms with Gasteiger partial charge in [0.2, 0.25) is 0 Å². The average molecular weight is 258 g/mol. The zero-order chi connectivity index (χ0) is 13.1. The first-order chi connectivity index (χ1) is 9.38. The second kappa shape index (κ2) is 5.72. The summed E-state index contributed by atoms with van der Waals surface area (Å²) in [5.41, 5.74) is 8.08. The zero-order valence-corrected chi connectivity index (χ0v) is 11.4. The first-order valence-corrected chi connectivity index (χ1v) is 7.23. The number of likely N-dealkylation sites (tertiary alicyclic amines) is 1. The maximum absolute atomic E-state index is 5.82. The van der Waals surface area contributed by atoms with Gasteiger partial charge < -0.3 is 15.2 Å². The Morgan fingerprint density at radius 1 is 1.16 bits per heavy atom. The number of nitrogens with two attached hydrogens (primary N) is 1. The van der Waals surface area contributed by atoms with Crippen molar-refractivity contribution >= 4 is 11.0 Å². The minimum Gasteiger partial charge on any atom is -0.331 e. The Morgan fingerprint density at radius 2 is 2.00 bits per heavy atom. The predicted molar refractivity (Wildman–Crippen MR) is 77.9 cm³/mol. The normalized spacial score (nSPS) is 17.1. The molecule has 0 radical (unpaired) electrons. The van der Waals surface area contributed by atoms with Crippen LogP contribution in [0.1, 0.15) is 24.8 Å². The van der Waals surface area contributed by atoms with Crippen molar-refractivity contribution in [2.75, 3.05) is 19.6 Å². The Morgan fingerprint density at radius 3 is 2.79 bits per heavy atom. The summed E-state index contributed by atoms with van der Waals surface area (Å²) in [5.74, 6) is 0. The molecule has 4 nitrogen and oxygen atoms in total. The molecule has 19 heavy (non-hydrogen) atoms. The fourth-order valence-corrected chi connectivity index (χ4v) is 2.96. The zero-order valence-electron chi connectivity index (χ0n) is 11.4. The van der Waals surface area contributed by atoms with Crippen LogP contribution in [0.3, 0.4) is 0 Å². The van der Waals surface area contributed by atoms with Gasteiger partial charge in [-0.25, -0.2) is 4.98 Å². The van der Waals surface area contributed by atoms with Gasteiger partial charge in [-0.3, -0.25) is 0 Å². The van der Waals surface area contributed by atoms with E-state index in [0.717, 1.165) is 18.7 Å². The van der Waals surface area contributed by atoms with Crippen LogP contribution in [0.5, 0.6) is 0 Å². The second-order valence-corrected chi connectivity index (χ2v) is 5.33. The van der Waals surface area contributed by atoms with Gasteiger partial charge in [0.1, 0.15) is 5.65 Å². The van der Waals surface area contributed by atoms with Crippen molar-refractivity contribution in [3.63, 3.8) is 0 Å². The number of aromatic nitrogens is 2. The molecule has 0 atom stereocenters. The lowest BCUT2D eigenvalue weighted by molar-refractivity contribution is 0.221. The molecule has 0 unspecified atom stereocenters. The first-order valence-electron chi connectivity index (χ1n) is 7.23. The van der Waals surface area contributed by atoms with E-state index >= 15 is 0 Å². The van der Waals surface area contributed by atoms with Gasteiger partial charge in [-0.15, -0.1) is 0 Å². The highest BCUT2D eigenvalue weighted by molar-refractivity contribution is 5.80. The number of hydrogen-bond donors (Lipinski definition) is 1. The first kappa shape index (κ1) is 12.6. The van der Waals surface area contributed by atoms with Gasteiger partial charge in [-0.2, -0.15) is 0 Å². The molecule has 3 heterocycles. The molecule has 0 saturated carbocycles. The largest absolute Gasteiger partial charge is 0.331 e. The van der Waals surface area contributed by atoms with Crippen LogP contribution in [0.15, 0.2) is 24.5 Å². The van der Waals surface area contributed by atoms with Gasteiger partial charge in [0, 0.05) is 37.4 Å². The van der Waals surface area contributed by atoms with Crippen LogP contribution in [0.4, 0.5) is 0 Å². The van der Waals surface area contributed by atoms with Crippen molar-refractivity contribution in [3.05, 3.63) is 30.1 Å². The lowest BCUT2D eigenvalue weighted by Crippen LogP contribution is -2.32. The third kappa shape index (κ3) is 2.65. The monoisotopic (exact) mass is 258 g/mol. The van der Waals surface area contributed by atoms with E-state index in [1.807, 2.05) is 12.3 Å². The van der Waals surface area contributed by atoms with Crippen molar-refractivity contribution in [3.8, 4) is 0 Å². The van der Waals surface area contributed by atoms with E-state index < -0.39 is 0 Å². The van der Waals surface area contributed by atoms with E-state index in [9.17, 15) is 0 Å². The van der Waals surface area contributed by atoms with Crippen LogP contribution in [0.25, 0.3) is 11.0 Å². The quantitative estimate of drug-likeness (QED) is 0.912. The molecule has 4 heteroatoms. The minimum atomic E-state index is 0.582. The van der Waals surface area contributed by atoms with Gasteiger partial charge in [0.05, 0.1) is 0 Å². The molecule has 2 aromatic rings. The molecule has 0 amide bonds. The molecular formula is C15H22N4. The van der Waals surface area contributed by atoms with Crippen LogP contribution < -0.4 is 5.73 Å².